The van der Waals surface area contributed by atoms with Crippen molar-refractivity contribution in [3.05, 3.63) is 59.9 Å². The van der Waals surface area contributed by atoms with E-state index in [1.807, 2.05) is 0 Å². The molecular weight excluding hydrogens is 429 g/mol. The molecule has 0 bridgehead atoms. The van der Waals surface area contributed by atoms with Gasteiger partial charge in [0.1, 0.15) is 5.82 Å². The molecule has 1 heterocycles. The summed E-state index contributed by atoms with van der Waals surface area (Å²) in [6, 6.07) is 11.5. The Morgan fingerprint density at radius 3 is 2.41 bits per heavy atom. The van der Waals surface area contributed by atoms with Gasteiger partial charge in [0.15, 0.2) is 0 Å². The highest BCUT2D eigenvalue weighted by Crippen LogP contribution is 2.25. The van der Waals surface area contributed by atoms with Gasteiger partial charge in [0.05, 0.1) is 10.6 Å². The fourth-order valence-corrected chi connectivity index (χ4v) is 5.71. The van der Waals surface area contributed by atoms with Crippen LogP contribution in [0.2, 0.25) is 0 Å². The lowest BCUT2D eigenvalue weighted by atomic mass is 9.89. The normalized spacial score (nSPS) is 18.5. The van der Waals surface area contributed by atoms with Crippen LogP contribution in [0.25, 0.3) is 0 Å². The SMILES string of the molecule is O=C(c1cccc(S(=O)(=O)Nc2ccccc2F)c1)N1CCN(CC2CCCCC2)CC1. The monoisotopic (exact) mass is 459 g/mol. The van der Waals surface area contributed by atoms with E-state index in [0.29, 0.717) is 18.7 Å². The maximum Gasteiger partial charge on any atom is 0.262 e. The molecule has 1 amide bonds. The van der Waals surface area contributed by atoms with E-state index in [-0.39, 0.29) is 16.5 Å². The Kier molecular flexibility index (Phi) is 7.10. The van der Waals surface area contributed by atoms with Crippen LogP contribution in [0.3, 0.4) is 0 Å². The van der Waals surface area contributed by atoms with Crippen molar-refractivity contribution in [2.75, 3.05) is 37.4 Å². The minimum atomic E-state index is -4.02. The molecule has 0 spiro atoms. The molecule has 172 valence electrons. The predicted octanol–water partition coefficient (Wildman–Crippen LogP) is 3.96. The van der Waals surface area contributed by atoms with Gasteiger partial charge in [-0.25, -0.2) is 12.8 Å². The second-order valence-electron chi connectivity index (χ2n) is 8.71. The molecule has 1 N–H and O–H groups in total. The van der Waals surface area contributed by atoms with Crippen LogP contribution in [0.1, 0.15) is 42.5 Å². The molecule has 6 nitrogen and oxygen atoms in total. The molecule has 0 aromatic heterocycles. The van der Waals surface area contributed by atoms with E-state index >= 15 is 0 Å². The quantitative estimate of drug-likeness (QED) is 0.710. The minimum absolute atomic E-state index is 0.0671. The summed E-state index contributed by atoms with van der Waals surface area (Å²) in [7, 11) is -4.02. The van der Waals surface area contributed by atoms with Crippen LogP contribution >= 0.6 is 0 Å². The molecule has 32 heavy (non-hydrogen) atoms. The number of nitrogens with zero attached hydrogens (tertiary/aromatic N) is 2. The first kappa shape index (κ1) is 22.7. The predicted molar refractivity (Wildman–Crippen MR) is 123 cm³/mol. The summed E-state index contributed by atoms with van der Waals surface area (Å²) in [5, 5.41) is 0. The highest BCUT2D eigenvalue weighted by atomic mass is 32.2. The second kappa shape index (κ2) is 10.0. The van der Waals surface area contributed by atoms with Crippen molar-refractivity contribution >= 4 is 21.6 Å². The van der Waals surface area contributed by atoms with Crippen molar-refractivity contribution in [3.63, 3.8) is 0 Å². The third-order valence-electron chi connectivity index (χ3n) is 6.41. The van der Waals surface area contributed by atoms with Gasteiger partial charge in [-0.3, -0.25) is 14.4 Å². The first-order valence-electron chi connectivity index (χ1n) is 11.3. The zero-order chi connectivity index (χ0) is 22.6. The smallest absolute Gasteiger partial charge is 0.262 e. The fourth-order valence-electron chi connectivity index (χ4n) is 4.59. The number of carbonyl (C=O) groups is 1. The topological polar surface area (TPSA) is 69.7 Å². The van der Waals surface area contributed by atoms with E-state index in [9.17, 15) is 17.6 Å². The van der Waals surface area contributed by atoms with Crippen LogP contribution in [-0.4, -0.2) is 56.8 Å². The average molecular weight is 460 g/mol. The van der Waals surface area contributed by atoms with Gasteiger partial charge in [-0.15, -0.1) is 0 Å². The number of halogens is 1. The molecule has 4 rings (SSSR count). The molecule has 1 aliphatic heterocycles. The summed E-state index contributed by atoms with van der Waals surface area (Å²) in [5.41, 5.74) is 0.195. The van der Waals surface area contributed by atoms with Crippen molar-refractivity contribution in [1.29, 1.82) is 0 Å². The maximum absolute atomic E-state index is 13.9. The Morgan fingerprint density at radius 2 is 1.69 bits per heavy atom. The summed E-state index contributed by atoms with van der Waals surface area (Å²) in [4.78, 5) is 17.2. The van der Waals surface area contributed by atoms with Crippen LogP contribution in [0, 0.1) is 11.7 Å². The molecule has 8 heteroatoms. The molecule has 2 aliphatic rings. The molecule has 0 radical (unpaired) electrons. The van der Waals surface area contributed by atoms with Crippen molar-refractivity contribution in [3.8, 4) is 0 Å². The number of carbonyl (C=O) groups excluding carboxylic acids is 1. The molecule has 0 unspecified atom stereocenters. The van der Waals surface area contributed by atoms with Crippen molar-refractivity contribution in [2.24, 2.45) is 5.92 Å². The fraction of sp³-hybridized carbons (Fsp3) is 0.458. The van der Waals surface area contributed by atoms with Crippen LogP contribution in [0.5, 0.6) is 0 Å². The number of amides is 1. The third kappa shape index (κ3) is 5.48. The van der Waals surface area contributed by atoms with Crippen LogP contribution in [0.15, 0.2) is 53.4 Å². The highest BCUT2D eigenvalue weighted by Gasteiger charge is 2.25. The number of benzene rings is 2. The van der Waals surface area contributed by atoms with Gasteiger partial charge in [-0.05, 0) is 49.1 Å². The molecule has 2 fully saturated rings. The summed E-state index contributed by atoms with van der Waals surface area (Å²) >= 11 is 0. The van der Waals surface area contributed by atoms with Gasteiger partial charge >= 0.3 is 0 Å². The zero-order valence-corrected chi connectivity index (χ0v) is 19.0. The molecule has 0 atom stereocenters. The average Bonchev–Trinajstić information content (AvgIpc) is 2.81. The van der Waals surface area contributed by atoms with E-state index in [1.54, 1.807) is 23.1 Å². The van der Waals surface area contributed by atoms with Gasteiger partial charge in [-0.2, -0.15) is 0 Å². The largest absolute Gasteiger partial charge is 0.336 e. The number of rotatable bonds is 6. The van der Waals surface area contributed by atoms with Gasteiger partial charge in [-0.1, -0.05) is 37.5 Å². The summed E-state index contributed by atoms with van der Waals surface area (Å²) in [6.45, 7) is 4.06. The van der Waals surface area contributed by atoms with Crippen LogP contribution in [0.4, 0.5) is 10.1 Å². The van der Waals surface area contributed by atoms with E-state index < -0.39 is 15.8 Å². The zero-order valence-electron chi connectivity index (χ0n) is 18.2. The van der Waals surface area contributed by atoms with E-state index in [4.69, 9.17) is 0 Å². The van der Waals surface area contributed by atoms with Crippen molar-refractivity contribution < 1.29 is 17.6 Å². The van der Waals surface area contributed by atoms with E-state index in [1.165, 1.54) is 62.4 Å². The number of para-hydroxylation sites is 1. The first-order chi connectivity index (χ1) is 15.4. The minimum Gasteiger partial charge on any atom is -0.336 e. The lowest BCUT2D eigenvalue weighted by molar-refractivity contribution is 0.0606. The summed E-state index contributed by atoms with van der Waals surface area (Å²) < 4.78 is 41.6. The van der Waals surface area contributed by atoms with Crippen LogP contribution < -0.4 is 4.72 Å². The number of sulfonamides is 1. The Labute approximate surface area is 189 Å². The highest BCUT2D eigenvalue weighted by molar-refractivity contribution is 7.92. The van der Waals surface area contributed by atoms with E-state index in [2.05, 4.69) is 9.62 Å². The summed E-state index contributed by atoms with van der Waals surface area (Å²) in [5.74, 6) is -0.0606. The Balaban J connectivity index is 1.38. The van der Waals surface area contributed by atoms with Gasteiger partial charge in [0.25, 0.3) is 15.9 Å². The lowest BCUT2D eigenvalue weighted by Gasteiger charge is -2.37. The van der Waals surface area contributed by atoms with Crippen molar-refractivity contribution in [2.45, 2.75) is 37.0 Å². The third-order valence-corrected chi connectivity index (χ3v) is 7.77. The molecule has 1 saturated heterocycles. The van der Waals surface area contributed by atoms with Gasteiger partial charge in [0.2, 0.25) is 0 Å². The number of nitrogens with one attached hydrogen (secondary N) is 1. The first-order valence-corrected chi connectivity index (χ1v) is 12.8. The molecule has 1 aliphatic carbocycles. The maximum atomic E-state index is 13.9. The molecule has 2 aromatic rings. The lowest BCUT2D eigenvalue weighted by Crippen LogP contribution is -2.49. The van der Waals surface area contributed by atoms with Crippen molar-refractivity contribution in [1.82, 2.24) is 9.80 Å². The Hall–Kier alpha value is -2.45. The van der Waals surface area contributed by atoms with E-state index in [0.717, 1.165) is 25.6 Å². The molecular formula is C24H30FN3O3S. The number of hydrogen-bond acceptors (Lipinski definition) is 4. The number of piperazine rings is 1. The Morgan fingerprint density at radius 1 is 0.969 bits per heavy atom. The number of anilines is 1. The molecule has 2 aromatic carbocycles. The van der Waals surface area contributed by atoms with Gasteiger partial charge in [0, 0.05) is 38.3 Å². The molecule has 1 saturated carbocycles. The number of hydrogen-bond donors (Lipinski definition) is 1. The van der Waals surface area contributed by atoms with Crippen LogP contribution in [-0.2, 0) is 10.0 Å². The van der Waals surface area contributed by atoms with Gasteiger partial charge < -0.3 is 4.90 Å². The summed E-state index contributed by atoms with van der Waals surface area (Å²) in [6.07, 6.45) is 6.62. The Bertz CT molecular complexity index is 1050. The standard InChI is InChI=1S/C24H30FN3O3S/c25-22-11-4-5-12-23(22)26-32(30,31)21-10-6-9-20(17-21)24(29)28-15-13-27(14-16-28)18-19-7-2-1-3-8-19/h4-6,9-12,17,19,26H,1-3,7-8,13-16,18H2. The second-order valence-corrected chi connectivity index (χ2v) is 10.4.